The number of hydrogen-bond acceptors (Lipinski definition) is 7. The monoisotopic (exact) mass is 348 g/mol. The molecule has 134 valence electrons. The van der Waals surface area contributed by atoms with E-state index in [0.717, 1.165) is 0 Å². The third kappa shape index (κ3) is 4.46. The number of urea groups is 1. The molecule has 2 amide bonds. The zero-order valence-corrected chi connectivity index (χ0v) is 14.5. The highest BCUT2D eigenvalue weighted by molar-refractivity contribution is 5.95. The van der Waals surface area contributed by atoms with Crippen LogP contribution < -0.4 is 15.4 Å². The summed E-state index contributed by atoms with van der Waals surface area (Å²) in [5.41, 5.74) is 0.623. The Bertz CT molecular complexity index is 759. The van der Waals surface area contributed by atoms with Crippen LogP contribution in [0.5, 0.6) is 5.75 Å². The summed E-state index contributed by atoms with van der Waals surface area (Å²) in [6, 6.07) is 3.66. The Kier molecular flexibility index (Phi) is 5.93. The molecular weight excluding hydrogens is 328 g/mol. The van der Waals surface area contributed by atoms with Crippen molar-refractivity contribution in [2.75, 3.05) is 19.5 Å². The highest BCUT2D eigenvalue weighted by Crippen LogP contribution is 2.26. The van der Waals surface area contributed by atoms with Crippen LogP contribution in [-0.2, 0) is 4.74 Å². The minimum absolute atomic E-state index is 0.290. The van der Waals surface area contributed by atoms with E-state index in [4.69, 9.17) is 9.26 Å². The molecule has 0 bridgehead atoms. The number of nitrogens with zero attached hydrogens (tertiary/aromatic N) is 2. The van der Waals surface area contributed by atoms with Gasteiger partial charge in [-0.15, -0.1) is 0 Å². The van der Waals surface area contributed by atoms with E-state index in [-0.39, 0.29) is 5.56 Å². The molecule has 9 nitrogen and oxygen atoms in total. The highest BCUT2D eigenvalue weighted by Gasteiger charge is 2.20. The van der Waals surface area contributed by atoms with E-state index in [9.17, 15) is 9.59 Å². The molecule has 0 radical (unpaired) electrons. The Labute approximate surface area is 144 Å². The summed E-state index contributed by atoms with van der Waals surface area (Å²) in [6.45, 7) is 3.58. The first-order valence-corrected chi connectivity index (χ1v) is 7.62. The number of nitrogens with one attached hydrogen (secondary N) is 2. The van der Waals surface area contributed by atoms with Crippen LogP contribution in [0.3, 0.4) is 0 Å². The van der Waals surface area contributed by atoms with Crippen molar-refractivity contribution in [1.29, 1.82) is 0 Å². The molecular formula is C16H20N4O5. The van der Waals surface area contributed by atoms with Crippen LogP contribution >= 0.6 is 0 Å². The maximum atomic E-state index is 12.3. The van der Waals surface area contributed by atoms with Gasteiger partial charge in [-0.3, -0.25) is 0 Å². The molecule has 25 heavy (non-hydrogen) atoms. The summed E-state index contributed by atoms with van der Waals surface area (Å²) in [4.78, 5) is 28.1. The molecule has 0 saturated carbocycles. The second-order valence-electron chi connectivity index (χ2n) is 5.15. The fourth-order valence-electron chi connectivity index (χ4n) is 2.16. The lowest BCUT2D eigenvalue weighted by atomic mass is 10.2. The molecule has 0 saturated heterocycles. The van der Waals surface area contributed by atoms with Crippen LogP contribution in [0.25, 0.3) is 0 Å². The number of amides is 2. The van der Waals surface area contributed by atoms with Gasteiger partial charge in [0.15, 0.2) is 5.82 Å². The molecule has 0 aliphatic carbocycles. The van der Waals surface area contributed by atoms with Crippen LogP contribution in [0.1, 0.15) is 41.5 Å². The lowest BCUT2D eigenvalue weighted by Gasteiger charge is -2.15. The first-order valence-electron chi connectivity index (χ1n) is 7.62. The first kappa shape index (κ1) is 18.2. The van der Waals surface area contributed by atoms with E-state index in [0.29, 0.717) is 29.6 Å². The molecule has 0 unspecified atom stereocenters. The van der Waals surface area contributed by atoms with Gasteiger partial charge in [-0.2, -0.15) is 4.98 Å². The highest BCUT2D eigenvalue weighted by atomic mass is 16.5. The molecule has 0 spiro atoms. The number of carbonyl (C=O) groups excluding carboxylic acids is 2. The average Bonchev–Trinajstić information content (AvgIpc) is 3.05. The number of aromatic nitrogens is 2. The van der Waals surface area contributed by atoms with Gasteiger partial charge in [-0.1, -0.05) is 12.1 Å². The fourth-order valence-corrected chi connectivity index (χ4v) is 2.16. The Morgan fingerprint density at radius 2 is 2.08 bits per heavy atom. The molecule has 1 atom stereocenters. The molecule has 2 aromatic rings. The Morgan fingerprint density at radius 1 is 1.32 bits per heavy atom. The number of methoxy groups -OCH3 is 2. The first-order chi connectivity index (χ1) is 12.0. The molecule has 2 N–H and O–H groups in total. The predicted molar refractivity (Wildman–Crippen MR) is 88.6 cm³/mol. The van der Waals surface area contributed by atoms with Gasteiger partial charge in [0, 0.05) is 0 Å². The van der Waals surface area contributed by atoms with Crippen molar-refractivity contribution in [2.45, 2.75) is 26.3 Å². The summed E-state index contributed by atoms with van der Waals surface area (Å²) in [5, 5.41) is 9.11. The average molecular weight is 348 g/mol. The van der Waals surface area contributed by atoms with Gasteiger partial charge in [0.05, 0.1) is 25.5 Å². The van der Waals surface area contributed by atoms with Crippen molar-refractivity contribution < 1.29 is 23.6 Å². The third-order valence-electron chi connectivity index (χ3n) is 3.42. The summed E-state index contributed by atoms with van der Waals surface area (Å²) in [5.74, 6) is 0.705. The zero-order chi connectivity index (χ0) is 18.4. The van der Waals surface area contributed by atoms with Crippen LogP contribution in [-0.4, -0.2) is 36.4 Å². The molecule has 9 heteroatoms. The summed E-state index contributed by atoms with van der Waals surface area (Å²) in [7, 11) is 2.75. The summed E-state index contributed by atoms with van der Waals surface area (Å²) < 4.78 is 15.0. The van der Waals surface area contributed by atoms with Gasteiger partial charge in [0.2, 0.25) is 5.89 Å². The number of aryl methyl sites for hydroxylation is 1. The maximum absolute atomic E-state index is 12.3. The van der Waals surface area contributed by atoms with Gasteiger partial charge >= 0.3 is 12.0 Å². The van der Waals surface area contributed by atoms with E-state index >= 15 is 0 Å². The van der Waals surface area contributed by atoms with Crippen molar-refractivity contribution in [3.8, 4) is 5.75 Å². The van der Waals surface area contributed by atoms with Gasteiger partial charge in [0.25, 0.3) is 0 Å². The zero-order valence-electron chi connectivity index (χ0n) is 14.5. The van der Waals surface area contributed by atoms with E-state index < -0.39 is 18.0 Å². The molecule has 0 aliphatic rings. The molecule has 1 aromatic heterocycles. The van der Waals surface area contributed by atoms with Crippen LogP contribution in [0, 0.1) is 6.92 Å². The number of ether oxygens (including phenoxy) is 2. The van der Waals surface area contributed by atoms with Crippen molar-refractivity contribution in [3.05, 3.63) is 35.5 Å². The lowest BCUT2D eigenvalue weighted by Crippen LogP contribution is -2.32. The Balaban J connectivity index is 2.14. The van der Waals surface area contributed by atoms with Crippen molar-refractivity contribution >= 4 is 17.7 Å². The van der Waals surface area contributed by atoms with Crippen molar-refractivity contribution in [3.63, 3.8) is 0 Å². The predicted octanol–water partition coefficient (Wildman–Crippen LogP) is 2.45. The fraction of sp³-hybridized carbons (Fsp3) is 0.375. The second-order valence-corrected chi connectivity index (χ2v) is 5.15. The standard InChI is InChI=1S/C16H20N4O5/c1-5-11(14-17-9(2)20-25-14)18-16(22)19-12-8-10(15(21)24-4)6-7-13(12)23-3/h6-8,11H,5H2,1-4H3,(H2,18,19,22)/t11-/m0/s1. The van der Waals surface area contributed by atoms with Crippen LogP contribution in [0.15, 0.2) is 22.7 Å². The Hall–Kier alpha value is -3.10. The number of rotatable bonds is 6. The molecule has 0 fully saturated rings. The number of carbonyl (C=O) groups is 2. The van der Waals surface area contributed by atoms with Gasteiger partial charge in [-0.25, -0.2) is 9.59 Å². The Morgan fingerprint density at radius 3 is 2.64 bits per heavy atom. The van der Waals surface area contributed by atoms with Gasteiger partial charge < -0.3 is 24.6 Å². The van der Waals surface area contributed by atoms with Crippen LogP contribution in [0.2, 0.25) is 0 Å². The number of hydrogen-bond donors (Lipinski definition) is 2. The van der Waals surface area contributed by atoms with Crippen molar-refractivity contribution in [2.24, 2.45) is 0 Å². The van der Waals surface area contributed by atoms with Crippen molar-refractivity contribution in [1.82, 2.24) is 15.5 Å². The topological polar surface area (TPSA) is 116 Å². The summed E-state index contributed by atoms with van der Waals surface area (Å²) >= 11 is 0. The minimum atomic E-state index is -0.515. The molecule has 1 heterocycles. The lowest BCUT2D eigenvalue weighted by molar-refractivity contribution is 0.0600. The smallest absolute Gasteiger partial charge is 0.337 e. The third-order valence-corrected chi connectivity index (χ3v) is 3.42. The molecule has 1 aromatic carbocycles. The summed E-state index contributed by atoms with van der Waals surface area (Å²) in [6.07, 6.45) is 0.564. The number of benzene rings is 1. The van der Waals surface area contributed by atoms with E-state index in [1.165, 1.54) is 20.3 Å². The second kappa shape index (κ2) is 8.13. The quantitative estimate of drug-likeness (QED) is 0.770. The number of esters is 1. The van der Waals surface area contributed by atoms with E-state index in [1.807, 2.05) is 6.92 Å². The van der Waals surface area contributed by atoms with Gasteiger partial charge in [0.1, 0.15) is 11.8 Å². The minimum Gasteiger partial charge on any atom is -0.495 e. The van der Waals surface area contributed by atoms with Crippen LogP contribution in [0.4, 0.5) is 10.5 Å². The number of anilines is 1. The van der Waals surface area contributed by atoms with Gasteiger partial charge in [-0.05, 0) is 31.5 Å². The van der Waals surface area contributed by atoms with E-state index in [2.05, 4.69) is 25.5 Å². The molecule has 2 rings (SSSR count). The molecule has 0 aliphatic heterocycles. The largest absolute Gasteiger partial charge is 0.495 e. The SMILES string of the molecule is CC[C@H](NC(=O)Nc1cc(C(=O)OC)ccc1OC)c1nc(C)no1. The van der Waals surface area contributed by atoms with E-state index in [1.54, 1.807) is 19.1 Å². The normalized spacial score (nSPS) is 11.5. The maximum Gasteiger partial charge on any atom is 0.337 e.